The van der Waals surface area contributed by atoms with Crippen molar-refractivity contribution in [1.29, 1.82) is 0 Å². The lowest BCUT2D eigenvalue weighted by molar-refractivity contribution is 0.666. The van der Waals surface area contributed by atoms with Crippen LogP contribution >= 0.6 is 0 Å². The van der Waals surface area contributed by atoms with Crippen LogP contribution in [-0.4, -0.2) is 4.98 Å². The first-order valence-electron chi connectivity index (χ1n) is 10.4. The Hall–Kier alpha value is -3.32. The molecule has 1 heteroatoms. The molecule has 0 bridgehead atoms. The smallest absolute Gasteiger partial charge is 0.0507 e. The van der Waals surface area contributed by atoms with Gasteiger partial charge in [-0.25, -0.2) is 0 Å². The minimum Gasteiger partial charge on any atom is -0.354 e. The van der Waals surface area contributed by atoms with E-state index in [9.17, 15) is 0 Å². The van der Waals surface area contributed by atoms with Gasteiger partial charge in [0, 0.05) is 21.7 Å². The molecule has 0 amide bonds. The molecule has 29 heavy (non-hydrogen) atoms. The summed E-state index contributed by atoms with van der Waals surface area (Å²) in [5.74, 6) is 0. The molecule has 5 aromatic rings. The topological polar surface area (TPSA) is 15.8 Å². The molecule has 138 valence electrons. The Morgan fingerprint density at radius 2 is 1.66 bits per heavy atom. The molecule has 0 aliphatic heterocycles. The SMILES string of the molecule is CC1(C)c2ccccc2-c2cc3c4c(c5[nH]c6ccccc6c5cc4c21)CC=C3. The summed E-state index contributed by atoms with van der Waals surface area (Å²) in [5.41, 5.74) is 11.1. The predicted molar refractivity (Wildman–Crippen MR) is 124 cm³/mol. The zero-order chi connectivity index (χ0) is 19.3. The lowest BCUT2D eigenvalue weighted by Gasteiger charge is -2.25. The van der Waals surface area contributed by atoms with Crippen LogP contribution in [0.3, 0.4) is 0 Å². The number of rotatable bonds is 0. The second kappa shape index (κ2) is 4.99. The maximum Gasteiger partial charge on any atom is 0.0507 e. The molecule has 0 saturated carbocycles. The van der Waals surface area contributed by atoms with Gasteiger partial charge < -0.3 is 4.98 Å². The fourth-order valence-electron chi connectivity index (χ4n) is 5.95. The highest BCUT2D eigenvalue weighted by molar-refractivity contribution is 6.17. The Labute approximate surface area is 169 Å². The number of hydrogen-bond acceptors (Lipinski definition) is 0. The van der Waals surface area contributed by atoms with Gasteiger partial charge in [0.15, 0.2) is 0 Å². The fourth-order valence-corrected chi connectivity index (χ4v) is 5.95. The van der Waals surface area contributed by atoms with Gasteiger partial charge in [0.2, 0.25) is 0 Å². The van der Waals surface area contributed by atoms with Crippen molar-refractivity contribution in [2.75, 3.05) is 0 Å². The fraction of sp³-hybridized carbons (Fsp3) is 0.143. The Bertz CT molecular complexity index is 1540. The number of benzene rings is 4. The third-order valence-corrected chi connectivity index (χ3v) is 7.17. The Morgan fingerprint density at radius 1 is 0.828 bits per heavy atom. The van der Waals surface area contributed by atoms with Gasteiger partial charge in [-0.2, -0.15) is 0 Å². The van der Waals surface area contributed by atoms with Gasteiger partial charge in [-0.3, -0.25) is 0 Å². The van der Waals surface area contributed by atoms with Gasteiger partial charge in [0.1, 0.15) is 0 Å². The summed E-state index contributed by atoms with van der Waals surface area (Å²) in [7, 11) is 0. The van der Waals surface area contributed by atoms with Crippen molar-refractivity contribution in [3.63, 3.8) is 0 Å². The minimum atomic E-state index is 0.00265. The van der Waals surface area contributed by atoms with Crippen molar-refractivity contribution in [3.05, 3.63) is 89.0 Å². The number of para-hydroxylation sites is 1. The Balaban J connectivity index is 1.75. The normalized spacial score (nSPS) is 15.9. The van der Waals surface area contributed by atoms with Crippen LogP contribution in [0.5, 0.6) is 0 Å². The highest BCUT2D eigenvalue weighted by atomic mass is 14.7. The zero-order valence-electron chi connectivity index (χ0n) is 16.6. The molecule has 0 fully saturated rings. The first-order chi connectivity index (χ1) is 14.1. The quantitative estimate of drug-likeness (QED) is 0.293. The van der Waals surface area contributed by atoms with Gasteiger partial charge in [-0.05, 0) is 68.8 Å². The third kappa shape index (κ3) is 1.77. The van der Waals surface area contributed by atoms with E-state index < -0.39 is 0 Å². The molecule has 1 N–H and O–H groups in total. The van der Waals surface area contributed by atoms with E-state index in [-0.39, 0.29) is 5.41 Å². The first-order valence-corrected chi connectivity index (χ1v) is 10.4. The molecular weight excluding hydrogens is 350 g/mol. The molecule has 4 aromatic carbocycles. The summed E-state index contributed by atoms with van der Waals surface area (Å²) in [4.78, 5) is 3.72. The van der Waals surface area contributed by atoms with Crippen LogP contribution in [0, 0.1) is 0 Å². The van der Waals surface area contributed by atoms with Crippen LogP contribution in [0.25, 0.3) is 49.8 Å². The van der Waals surface area contributed by atoms with Crippen molar-refractivity contribution in [2.45, 2.75) is 25.7 Å². The van der Waals surface area contributed by atoms with E-state index in [2.05, 4.69) is 91.6 Å². The number of aromatic amines is 1. The number of nitrogens with one attached hydrogen (secondary N) is 1. The monoisotopic (exact) mass is 371 g/mol. The van der Waals surface area contributed by atoms with Crippen molar-refractivity contribution >= 4 is 38.7 Å². The maximum absolute atomic E-state index is 3.72. The minimum absolute atomic E-state index is 0.00265. The van der Waals surface area contributed by atoms with Crippen molar-refractivity contribution in [2.24, 2.45) is 0 Å². The van der Waals surface area contributed by atoms with E-state index in [1.165, 1.54) is 66.0 Å². The molecular formula is C28H21N. The number of aromatic nitrogens is 1. The summed E-state index contributed by atoms with van der Waals surface area (Å²) >= 11 is 0. The molecule has 0 unspecified atom stereocenters. The molecule has 1 nitrogen and oxygen atoms in total. The second-order valence-corrected chi connectivity index (χ2v) is 9.04. The predicted octanol–water partition coefficient (Wildman–Crippen LogP) is 7.35. The molecule has 0 saturated heterocycles. The number of hydrogen-bond donors (Lipinski definition) is 1. The van der Waals surface area contributed by atoms with Gasteiger partial charge in [0.25, 0.3) is 0 Å². The molecule has 7 rings (SSSR count). The molecule has 0 atom stereocenters. The average Bonchev–Trinajstić information content (AvgIpc) is 3.22. The van der Waals surface area contributed by atoms with E-state index >= 15 is 0 Å². The van der Waals surface area contributed by atoms with Crippen molar-refractivity contribution < 1.29 is 0 Å². The molecule has 2 aliphatic carbocycles. The summed E-state index contributed by atoms with van der Waals surface area (Å²) in [5, 5.41) is 5.54. The Morgan fingerprint density at radius 3 is 2.59 bits per heavy atom. The average molecular weight is 371 g/mol. The molecule has 2 aliphatic rings. The molecule has 0 spiro atoms. The Kier molecular flexibility index (Phi) is 2.68. The van der Waals surface area contributed by atoms with Crippen LogP contribution in [0.1, 0.15) is 36.1 Å². The second-order valence-electron chi connectivity index (χ2n) is 9.04. The van der Waals surface area contributed by atoms with Crippen LogP contribution < -0.4 is 0 Å². The number of allylic oxidation sites excluding steroid dienone is 1. The first kappa shape index (κ1) is 15.6. The summed E-state index contributed by atoms with van der Waals surface area (Å²) < 4.78 is 0. The summed E-state index contributed by atoms with van der Waals surface area (Å²) in [6.07, 6.45) is 5.62. The van der Waals surface area contributed by atoms with E-state index in [0.29, 0.717) is 0 Å². The van der Waals surface area contributed by atoms with E-state index in [1.807, 2.05) is 0 Å². The zero-order valence-corrected chi connectivity index (χ0v) is 16.6. The van der Waals surface area contributed by atoms with Gasteiger partial charge in [-0.15, -0.1) is 0 Å². The highest BCUT2D eigenvalue weighted by Gasteiger charge is 2.37. The molecule has 1 heterocycles. The lowest BCUT2D eigenvalue weighted by atomic mass is 9.78. The maximum atomic E-state index is 3.72. The number of H-pyrrole nitrogens is 1. The summed E-state index contributed by atoms with van der Waals surface area (Å²) in [6.45, 7) is 4.77. The van der Waals surface area contributed by atoms with Gasteiger partial charge >= 0.3 is 0 Å². The molecule has 1 aromatic heterocycles. The largest absolute Gasteiger partial charge is 0.354 e. The highest BCUT2D eigenvalue weighted by Crippen LogP contribution is 2.53. The van der Waals surface area contributed by atoms with Gasteiger partial charge in [0.05, 0.1) is 5.52 Å². The third-order valence-electron chi connectivity index (χ3n) is 7.17. The van der Waals surface area contributed by atoms with Gasteiger partial charge in [-0.1, -0.05) is 68.5 Å². The summed E-state index contributed by atoms with van der Waals surface area (Å²) in [6, 6.07) is 22.5. The van der Waals surface area contributed by atoms with Crippen LogP contribution in [0.2, 0.25) is 0 Å². The van der Waals surface area contributed by atoms with Crippen molar-refractivity contribution in [3.8, 4) is 11.1 Å². The van der Waals surface area contributed by atoms with E-state index in [0.717, 1.165) is 6.42 Å². The van der Waals surface area contributed by atoms with Crippen LogP contribution in [-0.2, 0) is 11.8 Å². The standard InChI is InChI=1S/C28H21N/c1-28(2)23-12-5-3-9-17(23)20-14-16-8-7-11-19-25(16)22(26(20)28)15-21-18-10-4-6-13-24(18)29-27(19)21/h3-10,12-15,29H,11H2,1-2H3. The van der Waals surface area contributed by atoms with E-state index in [1.54, 1.807) is 0 Å². The van der Waals surface area contributed by atoms with Crippen LogP contribution in [0.4, 0.5) is 0 Å². The number of fused-ring (bicyclic) bond motifs is 8. The molecule has 0 radical (unpaired) electrons. The van der Waals surface area contributed by atoms with Crippen LogP contribution in [0.15, 0.2) is 66.7 Å². The van der Waals surface area contributed by atoms with Crippen molar-refractivity contribution in [1.82, 2.24) is 4.98 Å². The van der Waals surface area contributed by atoms with E-state index in [4.69, 9.17) is 0 Å². The lowest BCUT2D eigenvalue weighted by Crippen LogP contribution is -2.16.